The van der Waals surface area contributed by atoms with Crippen LogP contribution in [0.2, 0.25) is 5.02 Å². The first-order chi connectivity index (χ1) is 19.5. The van der Waals surface area contributed by atoms with Gasteiger partial charge in [-0.05, 0) is 67.1 Å². The van der Waals surface area contributed by atoms with Crippen molar-refractivity contribution in [2.45, 2.75) is 25.9 Å². The summed E-state index contributed by atoms with van der Waals surface area (Å²) in [6.45, 7) is 2.08. The fourth-order valence-corrected chi connectivity index (χ4v) is 3.41. The second kappa shape index (κ2) is 14.7. The minimum absolute atomic E-state index is 0.0523. The van der Waals surface area contributed by atoms with Gasteiger partial charge >= 0.3 is 18.0 Å². The van der Waals surface area contributed by atoms with Crippen LogP contribution in [0.3, 0.4) is 0 Å². The van der Waals surface area contributed by atoms with E-state index in [1.54, 1.807) is 24.3 Å². The number of halogens is 4. The fourth-order valence-electron chi connectivity index (χ4n) is 3.23. The molecular weight excluding hydrogens is 565 g/mol. The number of hydrogen-bond donors (Lipinski definition) is 3. The molecule has 0 fully saturated rings. The maximum atomic E-state index is 12.9. The van der Waals surface area contributed by atoms with Gasteiger partial charge in [-0.3, -0.25) is 14.4 Å². The molecule has 3 N–H and O–H groups in total. The number of carbonyl (C=O) groups excluding carboxylic acids is 3. The molecule has 216 valence electrons. The van der Waals surface area contributed by atoms with E-state index in [9.17, 15) is 27.6 Å². The van der Waals surface area contributed by atoms with Crippen molar-refractivity contribution in [1.82, 2.24) is 5.43 Å². The van der Waals surface area contributed by atoms with Crippen molar-refractivity contribution in [3.05, 3.63) is 82.9 Å². The predicted octanol–water partition coefficient (Wildman–Crippen LogP) is 5.64. The highest BCUT2D eigenvalue weighted by atomic mass is 35.5. The third kappa shape index (κ3) is 10.2. The molecule has 3 rings (SSSR count). The van der Waals surface area contributed by atoms with Crippen LogP contribution in [0.1, 0.15) is 30.9 Å². The van der Waals surface area contributed by atoms with Crippen molar-refractivity contribution in [2.24, 2.45) is 5.10 Å². The zero-order chi connectivity index (χ0) is 29.8. The van der Waals surface area contributed by atoms with Gasteiger partial charge < -0.3 is 20.1 Å². The molecule has 0 saturated heterocycles. The first-order valence-corrected chi connectivity index (χ1v) is 12.7. The molecule has 0 atom stereocenters. The Balaban J connectivity index is 1.53. The molecule has 0 aliphatic rings. The van der Waals surface area contributed by atoms with Crippen molar-refractivity contribution in [2.75, 3.05) is 23.8 Å². The summed E-state index contributed by atoms with van der Waals surface area (Å²) in [6, 6.07) is 15.0. The number of hydrogen-bond acceptors (Lipinski definition) is 6. The summed E-state index contributed by atoms with van der Waals surface area (Å²) in [7, 11) is 0. The highest BCUT2D eigenvalue weighted by molar-refractivity contribution is 6.39. The van der Waals surface area contributed by atoms with Gasteiger partial charge in [-0.25, -0.2) is 5.43 Å². The number of rotatable bonds is 11. The Bertz CT molecular complexity index is 1400. The fraction of sp³-hybridized carbons (Fsp3) is 0.214. The minimum Gasteiger partial charge on any atom is -0.494 e. The molecule has 13 heteroatoms. The third-order valence-electron chi connectivity index (χ3n) is 5.26. The van der Waals surface area contributed by atoms with Crippen LogP contribution in [0.5, 0.6) is 11.5 Å². The quantitative estimate of drug-likeness (QED) is 0.116. The molecule has 0 heterocycles. The lowest BCUT2D eigenvalue weighted by atomic mass is 10.2. The maximum absolute atomic E-state index is 12.9. The summed E-state index contributed by atoms with van der Waals surface area (Å²) in [4.78, 5) is 36.6. The lowest BCUT2D eigenvalue weighted by molar-refractivity contribution is -0.137. The number of nitrogens with one attached hydrogen (secondary N) is 3. The molecule has 9 nitrogen and oxygen atoms in total. The van der Waals surface area contributed by atoms with Crippen LogP contribution in [-0.4, -0.2) is 37.1 Å². The van der Waals surface area contributed by atoms with Gasteiger partial charge in [0.25, 0.3) is 5.91 Å². The number of alkyl halides is 3. The van der Waals surface area contributed by atoms with Crippen LogP contribution < -0.4 is 25.5 Å². The number of carbonyl (C=O) groups is 3. The first-order valence-electron chi connectivity index (χ1n) is 12.3. The Kier molecular flexibility index (Phi) is 11.1. The van der Waals surface area contributed by atoms with Gasteiger partial charge in [-0.15, -0.1) is 0 Å². The van der Waals surface area contributed by atoms with E-state index in [4.69, 9.17) is 21.1 Å². The first kappa shape index (κ1) is 31.0. The van der Waals surface area contributed by atoms with Crippen LogP contribution in [0.15, 0.2) is 71.8 Å². The second-order valence-corrected chi connectivity index (χ2v) is 8.91. The Morgan fingerprint density at radius 2 is 1.68 bits per heavy atom. The van der Waals surface area contributed by atoms with Gasteiger partial charge in [0.2, 0.25) is 0 Å². The largest absolute Gasteiger partial charge is 0.494 e. The monoisotopic (exact) mass is 590 g/mol. The highest BCUT2D eigenvalue weighted by Gasteiger charge is 2.30. The molecule has 41 heavy (non-hydrogen) atoms. The van der Waals surface area contributed by atoms with E-state index in [2.05, 4.69) is 28.1 Å². The standard InChI is InChI=1S/C28H26ClF3N4O5/c1-2-3-13-40-23-10-8-21(9-11-23)35-26(38)27(39)36-33-16-18-14-20(29)7-12-24(18)41-17-25(37)34-22-6-4-5-19(15-22)28(30,31)32/h4-12,14-16H,2-3,13,17H2,1H3,(H,34,37)(H,35,38)(H,36,39)/b33-16-. The Morgan fingerprint density at radius 1 is 0.927 bits per heavy atom. The smallest absolute Gasteiger partial charge is 0.416 e. The van der Waals surface area contributed by atoms with Crippen molar-refractivity contribution < 1.29 is 37.0 Å². The normalized spacial score (nSPS) is 11.1. The molecule has 3 amide bonds. The van der Waals surface area contributed by atoms with Crippen molar-refractivity contribution in [3.8, 4) is 11.5 Å². The van der Waals surface area contributed by atoms with Crippen molar-refractivity contribution in [1.29, 1.82) is 0 Å². The molecule has 0 spiro atoms. The molecule has 0 aromatic heterocycles. The average Bonchev–Trinajstić information content (AvgIpc) is 2.93. The van der Waals surface area contributed by atoms with Crippen molar-refractivity contribution >= 4 is 46.9 Å². The molecule has 0 unspecified atom stereocenters. The highest BCUT2D eigenvalue weighted by Crippen LogP contribution is 2.30. The summed E-state index contributed by atoms with van der Waals surface area (Å²) in [6.07, 6.45) is -1.49. The number of ether oxygens (including phenoxy) is 2. The van der Waals surface area contributed by atoms with Crippen LogP contribution >= 0.6 is 11.6 Å². The second-order valence-electron chi connectivity index (χ2n) is 8.48. The third-order valence-corrected chi connectivity index (χ3v) is 5.49. The van der Waals surface area contributed by atoms with E-state index in [1.807, 2.05) is 0 Å². The topological polar surface area (TPSA) is 118 Å². The summed E-state index contributed by atoms with van der Waals surface area (Å²) in [5.74, 6) is -1.95. The number of anilines is 2. The summed E-state index contributed by atoms with van der Waals surface area (Å²) in [5, 5.41) is 8.79. The number of nitrogens with zero attached hydrogens (tertiary/aromatic N) is 1. The SMILES string of the molecule is CCCCOc1ccc(NC(=O)C(=O)N/N=C\c2cc(Cl)ccc2OCC(=O)Nc2cccc(C(F)(F)F)c2)cc1. The molecule has 0 radical (unpaired) electrons. The van der Waals surface area contributed by atoms with Crippen LogP contribution in [0, 0.1) is 0 Å². The van der Waals surface area contributed by atoms with E-state index < -0.39 is 36.1 Å². The maximum Gasteiger partial charge on any atom is 0.416 e. The van der Waals surface area contributed by atoms with Crippen LogP contribution in [-0.2, 0) is 20.6 Å². The Hall–Kier alpha value is -4.58. The van der Waals surface area contributed by atoms with Gasteiger partial charge in [-0.1, -0.05) is 31.0 Å². The molecule has 0 bridgehead atoms. The average molecular weight is 591 g/mol. The zero-order valence-electron chi connectivity index (χ0n) is 21.8. The van der Waals surface area contributed by atoms with E-state index in [1.165, 1.54) is 30.3 Å². The summed E-state index contributed by atoms with van der Waals surface area (Å²) >= 11 is 6.02. The minimum atomic E-state index is -4.56. The lowest BCUT2D eigenvalue weighted by Gasteiger charge is -2.11. The molecule has 0 aliphatic heterocycles. The van der Waals surface area contributed by atoms with Gasteiger partial charge in [0.1, 0.15) is 11.5 Å². The zero-order valence-corrected chi connectivity index (χ0v) is 22.5. The van der Waals surface area contributed by atoms with E-state index in [0.717, 1.165) is 31.2 Å². The molecule has 0 saturated carbocycles. The van der Waals surface area contributed by atoms with Crippen LogP contribution in [0.25, 0.3) is 0 Å². The molecule has 3 aromatic carbocycles. The number of benzene rings is 3. The lowest BCUT2D eigenvalue weighted by Crippen LogP contribution is -2.32. The molecule has 0 aliphatic carbocycles. The number of unbranched alkanes of at least 4 members (excludes halogenated alkanes) is 1. The Morgan fingerprint density at radius 3 is 2.39 bits per heavy atom. The van der Waals surface area contributed by atoms with Gasteiger partial charge in [-0.2, -0.15) is 18.3 Å². The van der Waals surface area contributed by atoms with Gasteiger partial charge in [0.05, 0.1) is 18.4 Å². The van der Waals surface area contributed by atoms with Gasteiger partial charge in [0.15, 0.2) is 6.61 Å². The van der Waals surface area contributed by atoms with E-state index in [0.29, 0.717) is 23.1 Å². The van der Waals surface area contributed by atoms with Crippen LogP contribution in [0.4, 0.5) is 24.5 Å². The molecular formula is C28H26ClF3N4O5. The Labute approximate surface area is 238 Å². The van der Waals surface area contributed by atoms with E-state index >= 15 is 0 Å². The predicted molar refractivity (Wildman–Crippen MR) is 148 cm³/mol. The summed E-state index contributed by atoms with van der Waals surface area (Å²) in [5.41, 5.74) is 1.76. The number of amides is 3. The summed E-state index contributed by atoms with van der Waals surface area (Å²) < 4.78 is 49.7. The van der Waals surface area contributed by atoms with Crippen molar-refractivity contribution in [3.63, 3.8) is 0 Å². The molecule has 3 aromatic rings. The van der Waals surface area contributed by atoms with E-state index in [-0.39, 0.29) is 17.0 Å². The van der Waals surface area contributed by atoms with Gasteiger partial charge in [0, 0.05) is 22.0 Å². The number of hydrazone groups is 1.